The molecule has 0 fully saturated rings. The maximum absolute atomic E-state index is 11.1. The second-order valence-electron chi connectivity index (χ2n) is 2.94. The number of rotatable bonds is 2. The van der Waals surface area contributed by atoms with Crippen LogP contribution in [0.2, 0.25) is 0 Å². The van der Waals surface area contributed by atoms with E-state index < -0.39 is 5.54 Å². The fraction of sp³-hybridized carbons (Fsp3) is 0.500. The van der Waals surface area contributed by atoms with E-state index >= 15 is 0 Å². The fourth-order valence-corrected chi connectivity index (χ4v) is 1.01. The first-order valence-electron chi connectivity index (χ1n) is 3.58. The van der Waals surface area contributed by atoms with Gasteiger partial charge in [0.05, 0.1) is 0 Å². The minimum Gasteiger partial charge on any atom is -0.406 e. The summed E-state index contributed by atoms with van der Waals surface area (Å²) in [5.74, 6) is 0.114. The van der Waals surface area contributed by atoms with Crippen LogP contribution in [-0.2, 0) is 9.53 Å². The van der Waals surface area contributed by atoms with E-state index in [1.54, 1.807) is 19.9 Å². The quantitative estimate of drug-likeness (QED) is 0.613. The van der Waals surface area contributed by atoms with Crippen molar-refractivity contribution in [1.29, 1.82) is 0 Å². The van der Waals surface area contributed by atoms with E-state index in [9.17, 15) is 4.79 Å². The zero-order valence-electron chi connectivity index (χ0n) is 7.33. The van der Waals surface area contributed by atoms with Crippen LogP contribution in [0.1, 0.15) is 13.8 Å². The Hall–Kier alpha value is -0.770. The summed E-state index contributed by atoms with van der Waals surface area (Å²) in [5, 5.41) is 1.83. The van der Waals surface area contributed by atoms with Gasteiger partial charge in [-0.3, -0.25) is 0 Å². The van der Waals surface area contributed by atoms with Gasteiger partial charge in [0.2, 0.25) is 5.90 Å². The monoisotopic (exact) mass is 185 g/mol. The summed E-state index contributed by atoms with van der Waals surface area (Å²) in [7, 11) is 0. The van der Waals surface area contributed by atoms with Crippen molar-refractivity contribution in [2.75, 3.05) is 6.26 Å². The van der Waals surface area contributed by atoms with Crippen LogP contribution >= 0.6 is 11.8 Å². The SMILES string of the molecule is CS/C=C/C1=NC(C)(C)C(=O)O1. The standard InChI is InChI=1S/C8H11NO2S/c1-8(2)7(10)11-6(9-8)4-5-12-3/h4-5H,1-3H3/b5-4+. The number of cyclic esters (lactones) is 1. The summed E-state index contributed by atoms with van der Waals surface area (Å²) < 4.78 is 4.89. The molecule has 0 aromatic carbocycles. The third-order valence-corrected chi connectivity index (χ3v) is 1.84. The molecule has 1 heterocycles. The maximum atomic E-state index is 11.1. The minimum absolute atomic E-state index is 0.289. The molecule has 0 N–H and O–H groups in total. The van der Waals surface area contributed by atoms with Crippen LogP contribution in [0.4, 0.5) is 0 Å². The third-order valence-electron chi connectivity index (χ3n) is 1.43. The van der Waals surface area contributed by atoms with E-state index in [-0.39, 0.29) is 5.97 Å². The summed E-state index contributed by atoms with van der Waals surface area (Å²) in [6.45, 7) is 3.46. The zero-order chi connectivity index (χ0) is 9.19. The fourth-order valence-electron chi connectivity index (χ4n) is 0.761. The summed E-state index contributed by atoms with van der Waals surface area (Å²) in [4.78, 5) is 15.2. The van der Waals surface area contributed by atoms with Gasteiger partial charge in [0.25, 0.3) is 0 Å². The van der Waals surface area contributed by atoms with Gasteiger partial charge in [-0.2, -0.15) is 0 Å². The first kappa shape index (κ1) is 9.32. The van der Waals surface area contributed by atoms with Crippen molar-refractivity contribution < 1.29 is 9.53 Å². The van der Waals surface area contributed by atoms with Crippen molar-refractivity contribution >= 4 is 23.6 Å². The number of thioether (sulfide) groups is 1. The number of carbonyl (C=O) groups excluding carboxylic acids is 1. The summed E-state index contributed by atoms with van der Waals surface area (Å²) in [5.41, 5.74) is -0.710. The van der Waals surface area contributed by atoms with Crippen LogP contribution in [0.15, 0.2) is 16.5 Å². The molecule has 0 aliphatic carbocycles. The molecule has 0 saturated heterocycles. The predicted octanol–water partition coefficient (Wildman–Crippen LogP) is 1.60. The number of hydrogen-bond donors (Lipinski definition) is 0. The smallest absolute Gasteiger partial charge is 0.340 e. The highest BCUT2D eigenvalue weighted by atomic mass is 32.2. The average molecular weight is 185 g/mol. The molecule has 0 spiro atoms. The lowest BCUT2D eigenvalue weighted by molar-refractivity contribution is -0.137. The molecule has 0 unspecified atom stereocenters. The maximum Gasteiger partial charge on any atom is 0.340 e. The zero-order valence-corrected chi connectivity index (χ0v) is 8.14. The van der Waals surface area contributed by atoms with Crippen molar-refractivity contribution in [1.82, 2.24) is 0 Å². The first-order chi connectivity index (χ1) is 5.56. The number of hydrogen-bond acceptors (Lipinski definition) is 4. The Bertz CT molecular complexity index is 256. The van der Waals surface area contributed by atoms with Gasteiger partial charge in [-0.15, -0.1) is 11.8 Å². The first-order valence-corrected chi connectivity index (χ1v) is 4.86. The Morgan fingerprint density at radius 3 is 2.67 bits per heavy atom. The van der Waals surface area contributed by atoms with E-state index in [4.69, 9.17) is 4.74 Å². The van der Waals surface area contributed by atoms with E-state index in [1.807, 2.05) is 11.7 Å². The minimum atomic E-state index is -0.710. The van der Waals surface area contributed by atoms with Gasteiger partial charge in [-0.25, -0.2) is 9.79 Å². The molecule has 0 bridgehead atoms. The van der Waals surface area contributed by atoms with E-state index in [1.165, 1.54) is 11.8 Å². The molecular weight excluding hydrogens is 174 g/mol. The molecule has 1 aliphatic heterocycles. The highest BCUT2D eigenvalue weighted by Gasteiger charge is 2.35. The Morgan fingerprint density at radius 1 is 1.58 bits per heavy atom. The number of nitrogens with zero attached hydrogens (tertiary/aromatic N) is 1. The highest BCUT2D eigenvalue weighted by molar-refractivity contribution is 8.01. The van der Waals surface area contributed by atoms with Crippen molar-refractivity contribution in [3.05, 3.63) is 11.5 Å². The molecule has 66 valence electrons. The van der Waals surface area contributed by atoms with E-state index in [2.05, 4.69) is 4.99 Å². The molecule has 12 heavy (non-hydrogen) atoms. The molecule has 0 saturated carbocycles. The summed E-state index contributed by atoms with van der Waals surface area (Å²) in [6, 6.07) is 0. The lowest BCUT2D eigenvalue weighted by Crippen LogP contribution is -2.25. The molecule has 0 radical (unpaired) electrons. The lowest BCUT2D eigenvalue weighted by Gasteiger charge is -2.05. The molecule has 1 rings (SSSR count). The second-order valence-corrected chi connectivity index (χ2v) is 3.68. The third kappa shape index (κ3) is 1.88. The van der Waals surface area contributed by atoms with Crippen LogP contribution in [0.3, 0.4) is 0 Å². The van der Waals surface area contributed by atoms with Crippen molar-refractivity contribution in [3.8, 4) is 0 Å². The van der Waals surface area contributed by atoms with Crippen LogP contribution in [0, 0.1) is 0 Å². The van der Waals surface area contributed by atoms with Gasteiger partial charge in [-0.1, -0.05) is 0 Å². The topological polar surface area (TPSA) is 38.7 Å². The van der Waals surface area contributed by atoms with Crippen molar-refractivity contribution in [2.24, 2.45) is 4.99 Å². The molecule has 3 nitrogen and oxygen atoms in total. The molecule has 0 atom stereocenters. The van der Waals surface area contributed by atoms with Crippen molar-refractivity contribution in [3.63, 3.8) is 0 Å². The second kappa shape index (κ2) is 3.31. The largest absolute Gasteiger partial charge is 0.406 e. The number of esters is 1. The van der Waals surface area contributed by atoms with Gasteiger partial charge in [0.15, 0.2) is 5.54 Å². The van der Waals surface area contributed by atoms with Gasteiger partial charge in [-0.05, 0) is 25.5 Å². The average Bonchev–Trinajstić information content (AvgIpc) is 2.22. The molecule has 1 aliphatic rings. The summed E-state index contributed by atoms with van der Waals surface area (Å²) in [6.07, 6.45) is 3.62. The lowest BCUT2D eigenvalue weighted by atomic mass is 10.1. The normalized spacial score (nSPS) is 21.2. The Kier molecular flexibility index (Phi) is 2.57. The van der Waals surface area contributed by atoms with Gasteiger partial charge in [0, 0.05) is 6.08 Å². The predicted molar refractivity (Wildman–Crippen MR) is 50.3 cm³/mol. The van der Waals surface area contributed by atoms with Crippen LogP contribution in [-0.4, -0.2) is 23.7 Å². The van der Waals surface area contributed by atoms with Gasteiger partial charge in [0.1, 0.15) is 0 Å². The molecule has 4 heteroatoms. The molecule has 0 aromatic heterocycles. The van der Waals surface area contributed by atoms with E-state index in [0.717, 1.165) is 0 Å². The molecular formula is C8H11NO2S. The number of carbonyl (C=O) groups is 1. The Balaban J connectivity index is 2.73. The molecule has 0 aromatic rings. The van der Waals surface area contributed by atoms with Crippen LogP contribution < -0.4 is 0 Å². The van der Waals surface area contributed by atoms with Gasteiger partial charge >= 0.3 is 5.97 Å². The number of aliphatic imine (C=N–C) groups is 1. The van der Waals surface area contributed by atoms with Crippen molar-refractivity contribution in [2.45, 2.75) is 19.4 Å². The molecule has 0 amide bonds. The number of ether oxygens (including phenoxy) is 1. The summed E-state index contributed by atoms with van der Waals surface area (Å²) >= 11 is 1.54. The van der Waals surface area contributed by atoms with Crippen LogP contribution in [0.25, 0.3) is 0 Å². The Labute approximate surface area is 75.9 Å². The highest BCUT2D eigenvalue weighted by Crippen LogP contribution is 2.19. The Morgan fingerprint density at radius 2 is 2.25 bits per heavy atom. The van der Waals surface area contributed by atoms with Crippen LogP contribution in [0.5, 0.6) is 0 Å². The van der Waals surface area contributed by atoms with Gasteiger partial charge < -0.3 is 4.74 Å². The van der Waals surface area contributed by atoms with E-state index in [0.29, 0.717) is 5.90 Å².